The lowest BCUT2D eigenvalue weighted by Crippen LogP contribution is -2.38. The first-order valence-corrected chi connectivity index (χ1v) is 6.10. The lowest BCUT2D eigenvalue weighted by Gasteiger charge is -2.21. The highest BCUT2D eigenvalue weighted by Crippen LogP contribution is 2.17. The molecule has 1 aliphatic rings. The van der Waals surface area contributed by atoms with Crippen LogP contribution < -0.4 is 5.32 Å². The summed E-state index contributed by atoms with van der Waals surface area (Å²) in [4.78, 5) is 13.7. The number of halogens is 1. The normalized spacial score (nSPS) is 20.0. The van der Waals surface area contributed by atoms with Gasteiger partial charge in [-0.1, -0.05) is 12.1 Å². The summed E-state index contributed by atoms with van der Waals surface area (Å²) in [5.41, 5.74) is 0.197. The third-order valence-electron chi connectivity index (χ3n) is 3.20. The molecule has 1 aliphatic heterocycles. The monoisotopic (exact) mass is 252 g/mol. The largest absolute Gasteiger partial charge is 0.395 e. The van der Waals surface area contributed by atoms with Crippen LogP contribution in [0.3, 0.4) is 0 Å². The van der Waals surface area contributed by atoms with Crippen molar-refractivity contribution < 1.29 is 14.3 Å². The first-order chi connectivity index (χ1) is 8.70. The van der Waals surface area contributed by atoms with E-state index in [-0.39, 0.29) is 30.8 Å². The second-order valence-electron chi connectivity index (χ2n) is 4.48. The second-order valence-corrected chi connectivity index (χ2v) is 4.48. The average Bonchev–Trinajstić information content (AvgIpc) is 2.79. The number of para-hydroxylation sites is 1. The van der Waals surface area contributed by atoms with E-state index in [1.54, 1.807) is 12.1 Å². The maximum absolute atomic E-state index is 13.3. The fourth-order valence-electron chi connectivity index (χ4n) is 2.25. The molecule has 2 N–H and O–H groups in total. The van der Waals surface area contributed by atoms with Crippen LogP contribution in [0, 0.1) is 5.82 Å². The number of hydrogen-bond acceptors (Lipinski definition) is 3. The van der Waals surface area contributed by atoms with Crippen molar-refractivity contribution in [2.24, 2.45) is 0 Å². The molecule has 1 saturated heterocycles. The molecule has 4 nitrogen and oxygen atoms in total. The molecule has 1 unspecified atom stereocenters. The maximum Gasteiger partial charge on any atom is 0.238 e. The molecule has 0 bridgehead atoms. The van der Waals surface area contributed by atoms with Gasteiger partial charge in [0.1, 0.15) is 5.82 Å². The zero-order valence-electron chi connectivity index (χ0n) is 10.1. The van der Waals surface area contributed by atoms with E-state index in [0.717, 1.165) is 19.4 Å². The molecule has 5 heteroatoms. The molecule has 2 rings (SSSR count). The molecule has 0 radical (unpaired) electrons. The number of aliphatic hydroxyl groups excluding tert-OH is 1. The fourth-order valence-corrected chi connectivity index (χ4v) is 2.25. The first kappa shape index (κ1) is 13.0. The summed E-state index contributed by atoms with van der Waals surface area (Å²) in [5, 5.41) is 11.7. The van der Waals surface area contributed by atoms with Crippen LogP contribution in [0.25, 0.3) is 0 Å². The third-order valence-corrected chi connectivity index (χ3v) is 3.20. The minimum absolute atomic E-state index is 0.0522. The van der Waals surface area contributed by atoms with E-state index < -0.39 is 5.82 Å². The average molecular weight is 252 g/mol. The van der Waals surface area contributed by atoms with E-state index in [9.17, 15) is 9.18 Å². The lowest BCUT2D eigenvalue weighted by molar-refractivity contribution is -0.117. The van der Waals surface area contributed by atoms with Crippen LogP contribution in [0.1, 0.15) is 12.8 Å². The van der Waals surface area contributed by atoms with E-state index in [1.165, 1.54) is 12.1 Å². The zero-order valence-corrected chi connectivity index (χ0v) is 10.1. The summed E-state index contributed by atoms with van der Waals surface area (Å²) in [6.07, 6.45) is 1.89. The molecule has 0 aliphatic carbocycles. The van der Waals surface area contributed by atoms with E-state index in [4.69, 9.17) is 5.11 Å². The molecule has 0 saturated carbocycles. The van der Waals surface area contributed by atoms with E-state index in [1.807, 2.05) is 4.90 Å². The van der Waals surface area contributed by atoms with Crippen LogP contribution in [0.2, 0.25) is 0 Å². The Bertz CT molecular complexity index is 425. The minimum atomic E-state index is -0.439. The fraction of sp³-hybridized carbons (Fsp3) is 0.462. The van der Waals surface area contributed by atoms with Gasteiger partial charge in [-0.3, -0.25) is 9.69 Å². The van der Waals surface area contributed by atoms with Gasteiger partial charge < -0.3 is 10.4 Å². The van der Waals surface area contributed by atoms with Crippen molar-refractivity contribution in [2.45, 2.75) is 18.9 Å². The Morgan fingerprint density at radius 1 is 1.50 bits per heavy atom. The Kier molecular flexibility index (Phi) is 4.28. The molecule has 18 heavy (non-hydrogen) atoms. The number of rotatable bonds is 4. The van der Waals surface area contributed by atoms with Crippen LogP contribution in [0.5, 0.6) is 0 Å². The van der Waals surface area contributed by atoms with Crippen LogP contribution in [-0.2, 0) is 4.79 Å². The number of aliphatic hydroxyl groups is 1. The van der Waals surface area contributed by atoms with Gasteiger partial charge in [0.05, 0.1) is 18.8 Å². The van der Waals surface area contributed by atoms with Crippen molar-refractivity contribution in [3.63, 3.8) is 0 Å². The minimum Gasteiger partial charge on any atom is -0.395 e. The van der Waals surface area contributed by atoms with Gasteiger partial charge in [0.25, 0.3) is 0 Å². The molecule has 1 aromatic carbocycles. The maximum atomic E-state index is 13.3. The van der Waals surface area contributed by atoms with Crippen LogP contribution in [0.15, 0.2) is 24.3 Å². The molecule has 1 amide bonds. The molecule has 1 heterocycles. The van der Waals surface area contributed by atoms with Gasteiger partial charge in [-0.2, -0.15) is 0 Å². The predicted octanol–water partition coefficient (Wildman–Crippen LogP) is 1.22. The van der Waals surface area contributed by atoms with Crippen LogP contribution >= 0.6 is 0 Å². The number of nitrogens with zero attached hydrogens (tertiary/aromatic N) is 1. The van der Waals surface area contributed by atoms with E-state index >= 15 is 0 Å². The summed E-state index contributed by atoms with van der Waals surface area (Å²) in [7, 11) is 0. The summed E-state index contributed by atoms with van der Waals surface area (Å²) in [6, 6.07) is 6.14. The molecular weight excluding hydrogens is 235 g/mol. The molecule has 98 valence electrons. The van der Waals surface area contributed by atoms with Crippen molar-refractivity contribution in [3.8, 4) is 0 Å². The predicted molar refractivity (Wildman–Crippen MR) is 66.7 cm³/mol. The summed E-state index contributed by atoms with van der Waals surface area (Å²) in [5.74, 6) is -0.688. The SMILES string of the molecule is O=C(CN1CCCC1CO)Nc1ccccc1F. The number of carbonyl (C=O) groups is 1. The second kappa shape index (κ2) is 5.93. The molecule has 1 atom stereocenters. The number of nitrogens with one attached hydrogen (secondary N) is 1. The molecule has 0 aromatic heterocycles. The molecule has 1 aromatic rings. The first-order valence-electron chi connectivity index (χ1n) is 6.10. The summed E-state index contributed by atoms with van der Waals surface area (Å²) < 4.78 is 13.3. The Hall–Kier alpha value is -1.46. The van der Waals surface area contributed by atoms with Gasteiger partial charge in [0.15, 0.2) is 0 Å². The number of benzene rings is 1. The quantitative estimate of drug-likeness (QED) is 0.847. The highest BCUT2D eigenvalue weighted by atomic mass is 19.1. The zero-order chi connectivity index (χ0) is 13.0. The topological polar surface area (TPSA) is 52.6 Å². The van der Waals surface area contributed by atoms with Gasteiger partial charge >= 0.3 is 0 Å². The van der Waals surface area contributed by atoms with Crippen molar-refractivity contribution in [2.75, 3.05) is 25.0 Å². The van der Waals surface area contributed by atoms with Crippen LogP contribution in [-0.4, -0.2) is 41.7 Å². The highest BCUT2D eigenvalue weighted by Gasteiger charge is 2.25. The molecule has 0 spiro atoms. The standard InChI is InChI=1S/C13H17FN2O2/c14-11-5-1-2-6-12(11)15-13(18)8-16-7-3-4-10(16)9-17/h1-2,5-6,10,17H,3-4,7-9H2,(H,15,18). The summed E-state index contributed by atoms with van der Waals surface area (Å²) >= 11 is 0. The number of likely N-dealkylation sites (tertiary alicyclic amines) is 1. The van der Waals surface area contributed by atoms with Gasteiger partial charge in [-0.05, 0) is 31.5 Å². The Morgan fingerprint density at radius 3 is 3.00 bits per heavy atom. The van der Waals surface area contributed by atoms with Crippen molar-refractivity contribution >= 4 is 11.6 Å². The van der Waals surface area contributed by atoms with Crippen molar-refractivity contribution in [1.82, 2.24) is 4.90 Å². The van der Waals surface area contributed by atoms with Crippen molar-refractivity contribution in [3.05, 3.63) is 30.1 Å². The smallest absolute Gasteiger partial charge is 0.238 e. The number of hydrogen-bond donors (Lipinski definition) is 2. The number of anilines is 1. The van der Waals surface area contributed by atoms with E-state index in [2.05, 4.69) is 5.32 Å². The Morgan fingerprint density at radius 2 is 2.28 bits per heavy atom. The van der Waals surface area contributed by atoms with E-state index in [0.29, 0.717) is 0 Å². The lowest BCUT2D eigenvalue weighted by atomic mass is 10.2. The van der Waals surface area contributed by atoms with Gasteiger partial charge in [-0.15, -0.1) is 0 Å². The van der Waals surface area contributed by atoms with Gasteiger partial charge in [0, 0.05) is 6.04 Å². The number of amides is 1. The van der Waals surface area contributed by atoms with Gasteiger partial charge in [-0.25, -0.2) is 4.39 Å². The third kappa shape index (κ3) is 3.05. The number of carbonyl (C=O) groups excluding carboxylic acids is 1. The Balaban J connectivity index is 1.91. The van der Waals surface area contributed by atoms with Gasteiger partial charge in [0.2, 0.25) is 5.91 Å². The summed E-state index contributed by atoms with van der Waals surface area (Å²) in [6.45, 7) is 1.06. The van der Waals surface area contributed by atoms with Crippen LogP contribution in [0.4, 0.5) is 10.1 Å². The van der Waals surface area contributed by atoms with Crippen molar-refractivity contribution in [1.29, 1.82) is 0 Å². The Labute approximate surface area is 105 Å². The molecule has 1 fully saturated rings. The molecular formula is C13H17FN2O2. The highest BCUT2D eigenvalue weighted by molar-refractivity contribution is 5.92.